The van der Waals surface area contributed by atoms with Crippen LogP contribution in [0.25, 0.3) is 0 Å². The van der Waals surface area contributed by atoms with Gasteiger partial charge in [-0.2, -0.15) is 5.10 Å². The smallest absolute Gasteiger partial charge is 0.241 e. The first-order chi connectivity index (χ1) is 11.6. The summed E-state index contributed by atoms with van der Waals surface area (Å²) in [7, 11) is 0. The van der Waals surface area contributed by atoms with Crippen LogP contribution in [0.4, 0.5) is 5.69 Å². The summed E-state index contributed by atoms with van der Waals surface area (Å²) in [6.07, 6.45) is 8.33. The van der Waals surface area contributed by atoms with Crippen molar-refractivity contribution in [2.24, 2.45) is 11.8 Å². The van der Waals surface area contributed by atoms with Crippen molar-refractivity contribution in [2.45, 2.75) is 51.6 Å². The average Bonchev–Trinajstić information content (AvgIpc) is 3.26. The van der Waals surface area contributed by atoms with Crippen LogP contribution < -0.4 is 16.0 Å². The number of rotatable bonds is 7. The van der Waals surface area contributed by atoms with Gasteiger partial charge in [0.25, 0.3) is 0 Å². The number of carbonyl (C=O) groups excluding carboxylic acids is 2. The Hall–Kier alpha value is -1.89. The Morgan fingerprint density at radius 3 is 2.92 bits per heavy atom. The lowest BCUT2D eigenvalue weighted by Crippen LogP contribution is -2.34. The zero-order chi connectivity index (χ0) is 16.9. The van der Waals surface area contributed by atoms with E-state index in [0.717, 1.165) is 25.9 Å². The number of carbonyl (C=O) groups is 2. The molecule has 2 fully saturated rings. The lowest BCUT2D eigenvalue weighted by molar-refractivity contribution is -0.122. The van der Waals surface area contributed by atoms with E-state index in [1.807, 2.05) is 0 Å². The molecule has 2 unspecified atom stereocenters. The Labute approximate surface area is 142 Å². The average molecular weight is 333 g/mol. The zero-order valence-corrected chi connectivity index (χ0v) is 14.3. The van der Waals surface area contributed by atoms with Gasteiger partial charge in [-0.05, 0) is 50.6 Å². The van der Waals surface area contributed by atoms with Crippen LogP contribution in [-0.4, -0.2) is 40.7 Å². The molecule has 2 heterocycles. The molecular weight excluding hydrogens is 306 g/mol. The normalized spacial score (nSPS) is 22.0. The minimum Gasteiger partial charge on any atom is -0.352 e. The molecule has 0 bridgehead atoms. The van der Waals surface area contributed by atoms with Gasteiger partial charge in [0, 0.05) is 18.7 Å². The summed E-state index contributed by atoms with van der Waals surface area (Å²) in [5.74, 6) is 0.905. The van der Waals surface area contributed by atoms with Crippen LogP contribution in [0.5, 0.6) is 0 Å². The molecule has 1 aliphatic heterocycles. The van der Waals surface area contributed by atoms with Crippen molar-refractivity contribution < 1.29 is 9.59 Å². The molecule has 1 aromatic rings. The molecular formula is C17H27N5O2. The van der Waals surface area contributed by atoms with Gasteiger partial charge in [-0.1, -0.05) is 6.92 Å². The molecule has 1 saturated heterocycles. The van der Waals surface area contributed by atoms with E-state index in [9.17, 15) is 9.59 Å². The third-order valence-corrected chi connectivity index (χ3v) is 4.81. The zero-order valence-electron chi connectivity index (χ0n) is 14.3. The SMILES string of the molecule is CC(CC(=O)Nc1cnn(CC(=O)NC2CC2)c1)C1CCCNC1. The maximum Gasteiger partial charge on any atom is 0.241 e. The van der Waals surface area contributed by atoms with Gasteiger partial charge in [0.05, 0.1) is 11.9 Å². The Kier molecular flexibility index (Phi) is 5.50. The lowest BCUT2D eigenvalue weighted by atomic mass is 9.85. The molecule has 2 amide bonds. The minimum atomic E-state index is -0.0307. The second-order valence-electron chi connectivity index (χ2n) is 7.10. The van der Waals surface area contributed by atoms with Crippen LogP contribution >= 0.6 is 0 Å². The highest BCUT2D eigenvalue weighted by Crippen LogP contribution is 2.23. The summed E-state index contributed by atoms with van der Waals surface area (Å²) >= 11 is 0. The van der Waals surface area contributed by atoms with Crippen molar-refractivity contribution in [1.82, 2.24) is 20.4 Å². The van der Waals surface area contributed by atoms with Crippen LogP contribution in [0.2, 0.25) is 0 Å². The number of aromatic nitrogens is 2. The number of amides is 2. The van der Waals surface area contributed by atoms with Gasteiger partial charge in [0.2, 0.25) is 11.8 Å². The molecule has 2 atom stereocenters. The molecule has 24 heavy (non-hydrogen) atoms. The molecule has 1 aromatic heterocycles. The fourth-order valence-corrected chi connectivity index (χ4v) is 3.20. The standard InChI is InChI=1S/C17H27N5O2/c1-12(13-3-2-6-18-8-13)7-16(23)21-15-9-19-22(10-15)11-17(24)20-14-4-5-14/h9-10,12-14,18H,2-8,11H2,1H3,(H,20,24)(H,21,23). The molecule has 1 aliphatic carbocycles. The number of piperidine rings is 1. The molecule has 7 nitrogen and oxygen atoms in total. The largest absolute Gasteiger partial charge is 0.352 e. The molecule has 0 radical (unpaired) electrons. The summed E-state index contributed by atoms with van der Waals surface area (Å²) in [6, 6.07) is 0.350. The van der Waals surface area contributed by atoms with E-state index < -0.39 is 0 Å². The summed E-state index contributed by atoms with van der Waals surface area (Å²) < 4.78 is 1.56. The molecule has 7 heteroatoms. The predicted molar refractivity (Wildman–Crippen MR) is 91.4 cm³/mol. The highest BCUT2D eigenvalue weighted by Gasteiger charge is 2.24. The summed E-state index contributed by atoms with van der Waals surface area (Å²) in [4.78, 5) is 24.0. The first-order valence-electron chi connectivity index (χ1n) is 8.92. The fourth-order valence-electron chi connectivity index (χ4n) is 3.20. The van der Waals surface area contributed by atoms with Crippen molar-refractivity contribution >= 4 is 17.5 Å². The number of nitrogens with one attached hydrogen (secondary N) is 3. The number of hydrogen-bond acceptors (Lipinski definition) is 4. The van der Waals surface area contributed by atoms with E-state index in [0.29, 0.717) is 30.0 Å². The minimum absolute atomic E-state index is 0.00931. The van der Waals surface area contributed by atoms with Gasteiger partial charge in [-0.25, -0.2) is 0 Å². The van der Waals surface area contributed by atoms with E-state index in [2.05, 4.69) is 28.0 Å². The van der Waals surface area contributed by atoms with E-state index >= 15 is 0 Å². The highest BCUT2D eigenvalue weighted by atomic mass is 16.2. The van der Waals surface area contributed by atoms with Crippen molar-refractivity contribution in [3.05, 3.63) is 12.4 Å². The first kappa shape index (κ1) is 17.0. The Morgan fingerprint density at radius 2 is 2.21 bits per heavy atom. The maximum absolute atomic E-state index is 12.2. The first-order valence-corrected chi connectivity index (χ1v) is 8.92. The molecule has 2 aliphatic rings. The predicted octanol–water partition coefficient (Wildman–Crippen LogP) is 1.13. The van der Waals surface area contributed by atoms with Gasteiger partial charge in [-0.3, -0.25) is 14.3 Å². The molecule has 0 aromatic carbocycles. The number of hydrogen-bond donors (Lipinski definition) is 3. The quantitative estimate of drug-likeness (QED) is 0.698. The molecule has 3 N–H and O–H groups in total. The Bertz CT molecular complexity index is 575. The van der Waals surface area contributed by atoms with Gasteiger partial charge < -0.3 is 16.0 Å². The van der Waals surface area contributed by atoms with Gasteiger partial charge in [0.1, 0.15) is 6.54 Å². The molecule has 3 rings (SSSR count). The van der Waals surface area contributed by atoms with E-state index in [-0.39, 0.29) is 18.4 Å². The Morgan fingerprint density at radius 1 is 1.38 bits per heavy atom. The van der Waals surface area contributed by atoms with E-state index in [4.69, 9.17) is 0 Å². The third-order valence-electron chi connectivity index (χ3n) is 4.81. The second kappa shape index (κ2) is 7.79. The summed E-state index contributed by atoms with van der Waals surface area (Å²) in [6.45, 7) is 4.42. The van der Waals surface area contributed by atoms with Crippen LogP contribution in [-0.2, 0) is 16.1 Å². The molecule has 1 saturated carbocycles. The van der Waals surface area contributed by atoms with Crippen molar-refractivity contribution in [3.63, 3.8) is 0 Å². The van der Waals surface area contributed by atoms with E-state index in [1.165, 1.54) is 12.8 Å². The fraction of sp³-hybridized carbons (Fsp3) is 0.706. The van der Waals surface area contributed by atoms with Crippen LogP contribution in [0.1, 0.15) is 39.0 Å². The molecule has 0 spiro atoms. The molecule has 132 valence electrons. The van der Waals surface area contributed by atoms with Crippen molar-refractivity contribution in [3.8, 4) is 0 Å². The number of anilines is 1. The Balaban J connectivity index is 1.43. The monoisotopic (exact) mass is 333 g/mol. The van der Waals surface area contributed by atoms with Gasteiger partial charge in [0.15, 0.2) is 0 Å². The van der Waals surface area contributed by atoms with Crippen LogP contribution in [0, 0.1) is 11.8 Å². The highest BCUT2D eigenvalue weighted by molar-refractivity contribution is 5.90. The maximum atomic E-state index is 12.2. The lowest BCUT2D eigenvalue weighted by Gasteiger charge is -2.27. The number of nitrogens with zero attached hydrogens (tertiary/aromatic N) is 2. The topological polar surface area (TPSA) is 88.0 Å². The third kappa shape index (κ3) is 5.06. The van der Waals surface area contributed by atoms with Crippen molar-refractivity contribution in [1.29, 1.82) is 0 Å². The van der Waals surface area contributed by atoms with Crippen LogP contribution in [0.3, 0.4) is 0 Å². The summed E-state index contributed by atoms with van der Waals surface area (Å²) in [5, 5.41) is 13.3. The van der Waals surface area contributed by atoms with Crippen molar-refractivity contribution in [2.75, 3.05) is 18.4 Å². The van der Waals surface area contributed by atoms with Crippen LogP contribution in [0.15, 0.2) is 12.4 Å². The van der Waals surface area contributed by atoms with E-state index in [1.54, 1.807) is 17.1 Å². The van der Waals surface area contributed by atoms with Gasteiger partial charge >= 0.3 is 0 Å². The second-order valence-corrected chi connectivity index (χ2v) is 7.10. The van der Waals surface area contributed by atoms with Gasteiger partial charge in [-0.15, -0.1) is 0 Å². The summed E-state index contributed by atoms with van der Waals surface area (Å²) in [5.41, 5.74) is 0.646.